The topological polar surface area (TPSA) is 111 Å². The first-order valence-corrected chi connectivity index (χ1v) is 7.77. The monoisotopic (exact) mass is 326 g/mol. The van der Waals surface area contributed by atoms with E-state index in [9.17, 15) is 9.90 Å². The number of thiophene rings is 1. The van der Waals surface area contributed by atoms with Crippen LogP contribution < -0.4 is 11.1 Å². The number of nitrogens with two attached hydrogens (primary N) is 1. The summed E-state index contributed by atoms with van der Waals surface area (Å²) in [7, 11) is 0. The molecule has 1 aliphatic heterocycles. The lowest BCUT2D eigenvalue weighted by Gasteiger charge is -2.28. The van der Waals surface area contributed by atoms with Crippen molar-refractivity contribution in [2.24, 2.45) is 10.7 Å². The summed E-state index contributed by atoms with van der Waals surface area (Å²) < 4.78 is 0. The third-order valence-electron chi connectivity index (χ3n) is 3.71. The zero-order valence-electron chi connectivity index (χ0n) is 12.3. The number of hydrogen-bond donors (Lipinski definition) is 3. The highest BCUT2D eigenvalue weighted by atomic mass is 32.1. The number of phenolic OH excluding ortho intramolecular Hbond substituents is 1. The number of hydrogen-bond acceptors (Lipinski definition) is 6. The van der Waals surface area contributed by atoms with Gasteiger partial charge in [0.1, 0.15) is 11.3 Å². The molecule has 1 amide bonds. The fourth-order valence-corrected chi connectivity index (χ4v) is 3.59. The summed E-state index contributed by atoms with van der Waals surface area (Å²) in [5.74, 6) is 0.0280. The van der Waals surface area contributed by atoms with Gasteiger partial charge in [0.2, 0.25) is 5.91 Å². The third-order valence-corrected chi connectivity index (χ3v) is 4.89. The lowest BCUT2D eigenvalue weighted by atomic mass is 9.93. The minimum Gasteiger partial charge on any atom is -0.507 e. The molecule has 1 aromatic heterocycles. The van der Waals surface area contributed by atoms with Gasteiger partial charge in [-0.2, -0.15) is 5.26 Å². The van der Waals surface area contributed by atoms with E-state index in [0.29, 0.717) is 11.1 Å². The smallest absolute Gasteiger partial charge is 0.229 e. The van der Waals surface area contributed by atoms with Gasteiger partial charge in [-0.3, -0.25) is 10.1 Å². The van der Waals surface area contributed by atoms with E-state index >= 15 is 0 Å². The van der Waals surface area contributed by atoms with Crippen molar-refractivity contribution in [2.75, 3.05) is 0 Å². The van der Waals surface area contributed by atoms with Gasteiger partial charge >= 0.3 is 0 Å². The van der Waals surface area contributed by atoms with E-state index in [1.165, 1.54) is 17.4 Å². The van der Waals surface area contributed by atoms with Crippen LogP contribution in [0.5, 0.6) is 5.75 Å². The van der Waals surface area contributed by atoms with Crippen molar-refractivity contribution in [3.05, 3.63) is 40.1 Å². The van der Waals surface area contributed by atoms with Crippen LogP contribution in [0.3, 0.4) is 0 Å². The van der Waals surface area contributed by atoms with Gasteiger partial charge < -0.3 is 10.8 Å². The van der Waals surface area contributed by atoms with Gasteiger partial charge in [-0.1, -0.05) is 0 Å². The summed E-state index contributed by atoms with van der Waals surface area (Å²) in [5, 5.41) is 23.4. The van der Waals surface area contributed by atoms with Crippen LogP contribution in [0.4, 0.5) is 0 Å². The first-order valence-electron chi connectivity index (χ1n) is 6.89. The zero-order chi connectivity index (χ0) is 16.6. The number of nitrogens with zero attached hydrogens (tertiary/aromatic N) is 2. The van der Waals surface area contributed by atoms with E-state index in [4.69, 9.17) is 11.0 Å². The zero-order valence-corrected chi connectivity index (χ0v) is 13.1. The Hall–Kier alpha value is -2.85. The molecule has 2 heterocycles. The largest absolute Gasteiger partial charge is 0.507 e. The second kappa shape index (κ2) is 5.41. The van der Waals surface area contributed by atoms with Crippen molar-refractivity contribution in [3.63, 3.8) is 0 Å². The van der Waals surface area contributed by atoms with E-state index in [2.05, 4.69) is 16.4 Å². The maximum Gasteiger partial charge on any atom is 0.229 e. The fraction of sp³-hybridized carbons (Fsp3) is 0.188. The van der Waals surface area contributed by atoms with Crippen molar-refractivity contribution in [1.29, 1.82) is 5.26 Å². The van der Waals surface area contributed by atoms with E-state index in [1.54, 1.807) is 12.1 Å². The molecule has 23 heavy (non-hydrogen) atoms. The molecule has 1 atom stereocenters. The predicted octanol–water partition coefficient (Wildman–Crippen LogP) is 2.04. The number of benzene rings is 1. The van der Waals surface area contributed by atoms with Crippen LogP contribution in [0, 0.1) is 11.3 Å². The molecule has 0 spiro atoms. The first kappa shape index (κ1) is 15.1. The normalized spacial score (nSPS) is 20.5. The van der Waals surface area contributed by atoms with Crippen molar-refractivity contribution in [3.8, 4) is 22.9 Å². The van der Waals surface area contributed by atoms with E-state index in [-0.39, 0.29) is 24.0 Å². The molecule has 0 radical (unpaired) electrons. The average molecular weight is 326 g/mol. The Kier molecular flexibility index (Phi) is 3.54. The lowest BCUT2D eigenvalue weighted by Crippen LogP contribution is -2.46. The van der Waals surface area contributed by atoms with Crippen molar-refractivity contribution >= 4 is 23.2 Å². The molecule has 6 nitrogen and oxygen atoms in total. The van der Waals surface area contributed by atoms with Crippen LogP contribution in [0.25, 0.3) is 11.1 Å². The molecule has 0 bridgehead atoms. The van der Waals surface area contributed by atoms with Gasteiger partial charge in [0.15, 0.2) is 5.96 Å². The van der Waals surface area contributed by atoms with Gasteiger partial charge in [-0.15, -0.1) is 11.3 Å². The molecule has 0 aliphatic carbocycles. The Bertz CT molecular complexity index is 865. The number of aromatic hydroxyl groups is 1. The van der Waals surface area contributed by atoms with Gasteiger partial charge in [0, 0.05) is 10.4 Å². The maximum atomic E-state index is 11.7. The summed E-state index contributed by atoms with van der Waals surface area (Å²) in [5.41, 5.74) is 6.76. The van der Waals surface area contributed by atoms with Crippen LogP contribution in [-0.4, -0.2) is 17.0 Å². The van der Waals surface area contributed by atoms with E-state index in [0.717, 1.165) is 10.4 Å². The molecule has 2 aromatic rings. The van der Waals surface area contributed by atoms with Crippen LogP contribution in [-0.2, 0) is 10.3 Å². The number of amides is 1. The highest BCUT2D eigenvalue weighted by molar-refractivity contribution is 7.10. The number of nitriles is 1. The van der Waals surface area contributed by atoms with E-state index in [1.807, 2.05) is 18.4 Å². The molecule has 7 heteroatoms. The number of rotatable bonds is 2. The predicted molar refractivity (Wildman–Crippen MR) is 87.9 cm³/mol. The minimum atomic E-state index is -0.724. The first-order chi connectivity index (χ1) is 10.9. The number of carbonyl (C=O) groups excluding carboxylic acids is 1. The Morgan fingerprint density at radius 3 is 2.96 bits per heavy atom. The summed E-state index contributed by atoms with van der Waals surface area (Å²) in [6, 6.07) is 8.62. The number of guanidine groups is 1. The molecule has 0 fully saturated rings. The van der Waals surface area contributed by atoms with Gasteiger partial charge in [0.25, 0.3) is 0 Å². The summed E-state index contributed by atoms with van der Waals surface area (Å²) >= 11 is 1.44. The van der Waals surface area contributed by atoms with Crippen molar-refractivity contribution in [2.45, 2.75) is 18.9 Å². The Morgan fingerprint density at radius 1 is 1.48 bits per heavy atom. The molecule has 0 saturated carbocycles. The molecular weight excluding hydrogens is 312 g/mol. The van der Waals surface area contributed by atoms with Crippen molar-refractivity contribution in [1.82, 2.24) is 5.32 Å². The molecule has 3 rings (SSSR count). The lowest BCUT2D eigenvalue weighted by molar-refractivity contribution is -0.121. The summed E-state index contributed by atoms with van der Waals surface area (Å²) in [4.78, 5) is 17.0. The van der Waals surface area contributed by atoms with E-state index < -0.39 is 5.54 Å². The highest BCUT2D eigenvalue weighted by Gasteiger charge is 2.34. The van der Waals surface area contributed by atoms with Crippen LogP contribution >= 0.6 is 11.3 Å². The number of aliphatic imine (C=N–C) groups is 1. The van der Waals surface area contributed by atoms with Gasteiger partial charge in [-0.25, -0.2) is 4.99 Å². The third kappa shape index (κ3) is 2.76. The quantitative estimate of drug-likeness (QED) is 0.784. The second-order valence-electron chi connectivity index (χ2n) is 5.54. The fourth-order valence-electron chi connectivity index (χ4n) is 2.57. The maximum absolute atomic E-state index is 11.7. The second-order valence-corrected chi connectivity index (χ2v) is 6.45. The van der Waals surface area contributed by atoms with Crippen LogP contribution in [0.1, 0.15) is 23.8 Å². The molecule has 1 aromatic carbocycles. The SMILES string of the molecule is C[C@@]1(c2cc(-c3cc(C#N)ccc3O)cs2)CC(=O)NC(N)=N1. The number of phenols is 1. The van der Waals surface area contributed by atoms with Crippen LogP contribution in [0.2, 0.25) is 0 Å². The molecular formula is C16H14N4O2S. The highest BCUT2D eigenvalue weighted by Crippen LogP contribution is 2.40. The molecule has 0 unspecified atom stereocenters. The molecule has 116 valence electrons. The van der Waals surface area contributed by atoms with Crippen LogP contribution in [0.15, 0.2) is 34.6 Å². The molecule has 4 N–H and O–H groups in total. The minimum absolute atomic E-state index is 0.0999. The summed E-state index contributed by atoms with van der Waals surface area (Å²) in [6.45, 7) is 1.85. The van der Waals surface area contributed by atoms with Crippen molar-refractivity contribution < 1.29 is 9.90 Å². The average Bonchev–Trinajstić information content (AvgIpc) is 2.97. The van der Waals surface area contributed by atoms with Gasteiger partial charge in [0.05, 0.1) is 18.1 Å². The number of nitrogens with one attached hydrogen (secondary N) is 1. The molecule has 0 saturated heterocycles. The Labute approximate surface area is 136 Å². The Balaban J connectivity index is 2.03. The summed E-state index contributed by atoms with van der Waals surface area (Å²) in [6.07, 6.45) is 0.206. The van der Waals surface area contributed by atoms with Gasteiger partial charge in [-0.05, 0) is 42.1 Å². The molecule has 1 aliphatic rings. The Morgan fingerprint density at radius 2 is 2.26 bits per heavy atom. The standard InChI is InChI=1S/C16H14N4O2S/c1-16(6-14(22)19-15(18)20-16)13-5-10(8-23-13)11-4-9(7-17)2-3-12(11)21/h2-5,8,21H,6H2,1H3,(H3,18,19,20,22)/t16-/m0/s1. The number of carbonyl (C=O) groups is 1.